The van der Waals surface area contributed by atoms with Crippen LogP contribution in [0.5, 0.6) is 0 Å². The lowest BCUT2D eigenvalue weighted by Gasteiger charge is -2.02. The largest absolute Gasteiger partial charge is 0.378 e. The SMILES string of the molecule is CNCc1sc(-c2ccc(F)c(F)c2Br)nc1COC. The highest BCUT2D eigenvalue weighted by atomic mass is 79.9. The Morgan fingerprint density at radius 3 is 2.80 bits per heavy atom. The molecule has 2 rings (SSSR count). The van der Waals surface area contributed by atoms with E-state index in [4.69, 9.17) is 4.74 Å². The Balaban J connectivity index is 2.47. The first-order valence-corrected chi connectivity index (χ1v) is 7.45. The standard InChI is InChI=1S/C13H13BrF2N2OS/c1-17-5-10-9(6-19-2)18-13(20-10)7-3-4-8(15)12(16)11(7)14/h3-4,17H,5-6H2,1-2H3. The van der Waals surface area contributed by atoms with Crippen molar-refractivity contribution in [2.45, 2.75) is 13.2 Å². The lowest BCUT2D eigenvalue weighted by Crippen LogP contribution is -2.06. The molecule has 0 aliphatic heterocycles. The van der Waals surface area contributed by atoms with Crippen LogP contribution in [0, 0.1) is 11.6 Å². The van der Waals surface area contributed by atoms with Crippen LogP contribution in [0.1, 0.15) is 10.6 Å². The van der Waals surface area contributed by atoms with Crippen molar-refractivity contribution in [2.75, 3.05) is 14.2 Å². The third-order valence-electron chi connectivity index (χ3n) is 2.66. The number of nitrogens with zero attached hydrogens (tertiary/aromatic N) is 1. The van der Waals surface area contributed by atoms with E-state index in [0.29, 0.717) is 23.7 Å². The zero-order valence-corrected chi connectivity index (χ0v) is 13.4. The number of hydrogen-bond donors (Lipinski definition) is 1. The molecule has 3 nitrogen and oxygen atoms in total. The van der Waals surface area contributed by atoms with Gasteiger partial charge in [0.1, 0.15) is 5.01 Å². The lowest BCUT2D eigenvalue weighted by atomic mass is 10.2. The number of benzene rings is 1. The summed E-state index contributed by atoms with van der Waals surface area (Å²) < 4.78 is 31.9. The van der Waals surface area contributed by atoms with Crippen molar-refractivity contribution in [3.8, 4) is 10.6 Å². The summed E-state index contributed by atoms with van der Waals surface area (Å²) in [4.78, 5) is 5.47. The Morgan fingerprint density at radius 1 is 1.40 bits per heavy atom. The van der Waals surface area contributed by atoms with E-state index in [-0.39, 0.29) is 4.47 Å². The second-order valence-electron chi connectivity index (χ2n) is 4.08. The van der Waals surface area contributed by atoms with Crippen LogP contribution < -0.4 is 5.32 Å². The molecule has 2 aromatic rings. The fraction of sp³-hybridized carbons (Fsp3) is 0.308. The van der Waals surface area contributed by atoms with Crippen LogP contribution in [-0.4, -0.2) is 19.1 Å². The van der Waals surface area contributed by atoms with Gasteiger partial charge in [-0.3, -0.25) is 0 Å². The molecule has 0 unspecified atom stereocenters. The van der Waals surface area contributed by atoms with Gasteiger partial charge in [0.2, 0.25) is 0 Å². The fourth-order valence-electron chi connectivity index (χ4n) is 1.74. The number of aromatic nitrogens is 1. The van der Waals surface area contributed by atoms with Gasteiger partial charge in [0.25, 0.3) is 0 Å². The maximum Gasteiger partial charge on any atom is 0.173 e. The maximum absolute atomic E-state index is 13.6. The molecule has 1 aromatic heterocycles. The molecule has 0 atom stereocenters. The predicted molar refractivity (Wildman–Crippen MR) is 78.6 cm³/mol. The monoisotopic (exact) mass is 362 g/mol. The van der Waals surface area contributed by atoms with Gasteiger partial charge in [0.15, 0.2) is 11.6 Å². The van der Waals surface area contributed by atoms with Crippen molar-refractivity contribution in [1.29, 1.82) is 0 Å². The topological polar surface area (TPSA) is 34.2 Å². The highest BCUT2D eigenvalue weighted by Crippen LogP contribution is 2.35. The van der Waals surface area contributed by atoms with E-state index in [1.54, 1.807) is 7.11 Å². The van der Waals surface area contributed by atoms with Gasteiger partial charge < -0.3 is 10.1 Å². The third-order valence-corrected chi connectivity index (χ3v) is 4.57. The summed E-state index contributed by atoms with van der Waals surface area (Å²) in [5.74, 6) is -1.79. The Bertz CT molecular complexity index is 595. The Morgan fingerprint density at radius 2 is 2.15 bits per heavy atom. The van der Waals surface area contributed by atoms with Crippen molar-refractivity contribution in [3.63, 3.8) is 0 Å². The molecule has 0 amide bonds. The van der Waals surface area contributed by atoms with Gasteiger partial charge in [0.05, 0.1) is 16.8 Å². The van der Waals surface area contributed by atoms with E-state index in [9.17, 15) is 8.78 Å². The predicted octanol–water partition coefficient (Wildman–Crippen LogP) is 3.72. The molecule has 0 fully saturated rings. The van der Waals surface area contributed by atoms with Crippen LogP contribution in [0.25, 0.3) is 10.6 Å². The van der Waals surface area contributed by atoms with Crippen LogP contribution in [0.3, 0.4) is 0 Å². The fourth-order valence-corrected chi connectivity index (χ4v) is 3.49. The molecule has 20 heavy (non-hydrogen) atoms. The minimum Gasteiger partial charge on any atom is -0.378 e. The van der Waals surface area contributed by atoms with Gasteiger partial charge in [-0.25, -0.2) is 13.8 Å². The number of thiazole rings is 1. The Hall–Kier alpha value is -0.890. The number of ether oxygens (including phenoxy) is 1. The molecule has 1 aromatic carbocycles. The zero-order chi connectivity index (χ0) is 14.7. The molecule has 0 saturated carbocycles. The molecule has 0 bridgehead atoms. The number of halogens is 3. The molecule has 0 aliphatic rings. The van der Waals surface area contributed by atoms with Gasteiger partial charge in [-0.1, -0.05) is 0 Å². The van der Waals surface area contributed by atoms with E-state index in [2.05, 4.69) is 26.2 Å². The van der Waals surface area contributed by atoms with Gasteiger partial charge >= 0.3 is 0 Å². The quantitative estimate of drug-likeness (QED) is 0.823. The van der Waals surface area contributed by atoms with Crippen LogP contribution in [0.4, 0.5) is 8.78 Å². The van der Waals surface area contributed by atoms with E-state index in [1.807, 2.05) is 7.05 Å². The van der Waals surface area contributed by atoms with Crippen molar-refractivity contribution in [1.82, 2.24) is 10.3 Å². The van der Waals surface area contributed by atoms with Crippen LogP contribution in [0.15, 0.2) is 16.6 Å². The minimum absolute atomic E-state index is 0.0891. The molecular weight excluding hydrogens is 350 g/mol. The van der Waals surface area contributed by atoms with Gasteiger partial charge in [0, 0.05) is 24.1 Å². The first-order valence-electron chi connectivity index (χ1n) is 5.84. The third kappa shape index (κ3) is 3.06. The summed E-state index contributed by atoms with van der Waals surface area (Å²) in [5, 5.41) is 3.68. The van der Waals surface area contributed by atoms with Crippen molar-refractivity contribution >= 4 is 27.3 Å². The van der Waals surface area contributed by atoms with Gasteiger partial charge in [-0.15, -0.1) is 11.3 Å². The second-order valence-corrected chi connectivity index (χ2v) is 5.95. The second kappa shape index (κ2) is 6.71. The number of hydrogen-bond acceptors (Lipinski definition) is 4. The molecule has 0 radical (unpaired) electrons. The molecule has 0 spiro atoms. The van der Waals surface area contributed by atoms with Crippen molar-refractivity contribution in [2.24, 2.45) is 0 Å². The average Bonchev–Trinajstić information content (AvgIpc) is 2.80. The Labute approximate surface area is 128 Å². The summed E-state index contributed by atoms with van der Waals surface area (Å²) in [5.41, 5.74) is 1.34. The normalized spacial score (nSPS) is 11.1. The molecule has 1 N–H and O–H groups in total. The summed E-state index contributed by atoms with van der Waals surface area (Å²) in [6.45, 7) is 1.03. The zero-order valence-electron chi connectivity index (χ0n) is 11.0. The van der Waals surface area contributed by atoms with E-state index in [1.165, 1.54) is 17.4 Å². The molecule has 7 heteroatoms. The molecular formula is C13H13BrF2N2OS. The van der Waals surface area contributed by atoms with Crippen LogP contribution >= 0.6 is 27.3 Å². The minimum atomic E-state index is -0.902. The van der Waals surface area contributed by atoms with Gasteiger partial charge in [-0.05, 0) is 35.1 Å². The maximum atomic E-state index is 13.6. The molecule has 0 saturated heterocycles. The van der Waals surface area contributed by atoms with Gasteiger partial charge in [-0.2, -0.15) is 0 Å². The van der Waals surface area contributed by atoms with E-state index < -0.39 is 11.6 Å². The summed E-state index contributed by atoms with van der Waals surface area (Å²) in [6.07, 6.45) is 0. The summed E-state index contributed by atoms with van der Waals surface area (Å²) >= 11 is 4.52. The Kier molecular flexibility index (Phi) is 5.20. The highest BCUT2D eigenvalue weighted by Gasteiger charge is 2.17. The highest BCUT2D eigenvalue weighted by molar-refractivity contribution is 9.10. The van der Waals surface area contributed by atoms with E-state index >= 15 is 0 Å². The smallest absolute Gasteiger partial charge is 0.173 e. The number of methoxy groups -OCH3 is 1. The van der Waals surface area contributed by atoms with Crippen molar-refractivity contribution in [3.05, 3.63) is 38.8 Å². The van der Waals surface area contributed by atoms with Crippen LogP contribution in [-0.2, 0) is 17.9 Å². The average molecular weight is 363 g/mol. The molecule has 108 valence electrons. The number of rotatable bonds is 5. The first kappa shape index (κ1) is 15.5. The molecule has 1 heterocycles. The first-order chi connectivity index (χ1) is 9.58. The number of nitrogens with one attached hydrogen (secondary N) is 1. The van der Waals surface area contributed by atoms with Crippen LogP contribution in [0.2, 0.25) is 0 Å². The summed E-state index contributed by atoms with van der Waals surface area (Å²) in [7, 11) is 3.43. The van der Waals surface area contributed by atoms with Crippen molar-refractivity contribution < 1.29 is 13.5 Å². The lowest BCUT2D eigenvalue weighted by molar-refractivity contribution is 0.181. The summed E-state index contributed by atoms with van der Waals surface area (Å²) in [6, 6.07) is 2.62. The molecule has 0 aliphatic carbocycles. The van der Waals surface area contributed by atoms with E-state index in [0.717, 1.165) is 16.6 Å².